The van der Waals surface area contributed by atoms with Crippen molar-refractivity contribution in [2.24, 2.45) is 5.92 Å². The van der Waals surface area contributed by atoms with Crippen LogP contribution in [0.2, 0.25) is 0 Å². The number of aliphatic carboxylic acids is 1. The highest BCUT2D eigenvalue weighted by atomic mass is 19.1. The van der Waals surface area contributed by atoms with Gasteiger partial charge in [0.1, 0.15) is 11.9 Å². The highest BCUT2D eigenvalue weighted by Gasteiger charge is 2.43. The normalized spacial score (nSPS) is 22.0. The van der Waals surface area contributed by atoms with Gasteiger partial charge in [0.25, 0.3) is 0 Å². The molecule has 0 fully saturated rings. The zero-order chi connectivity index (χ0) is 15.9. The molecule has 3 nitrogen and oxygen atoms in total. The first kappa shape index (κ1) is 15.8. The predicted molar refractivity (Wildman–Crippen MR) is 82.3 cm³/mol. The molecule has 0 spiro atoms. The number of fused-ring (bicyclic) bond motifs is 1. The Kier molecular flexibility index (Phi) is 4.00. The Balaban J connectivity index is 2.62. The van der Waals surface area contributed by atoms with Crippen LogP contribution in [0.15, 0.2) is 18.2 Å². The van der Waals surface area contributed by atoms with Crippen LogP contribution in [0, 0.1) is 11.7 Å². The number of carboxylic acid groups (broad SMARTS) is 1. The smallest absolute Gasteiger partial charge is 0.326 e. The van der Waals surface area contributed by atoms with Gasteiger partial charge in [-0.15, -0.1) is 0 Å². The number of carbonyl (C=O) groups is 1. The average Bonchev–Trinajstić information content (AvgIpc) is 2.33. The average molecular weight is 293 g/mol. The summed E-state index contributed by atoms with van der Waals surface area (Å²) in [6, 6.07) is 4.07. The molecule has 0 amide bonds. The third-order valence-electron chi connectivity index (χ3n) is 4.40. The van der Waals surface area contributed by atoms with Crippen LogP contribution in [0.1, 0.15) is 52.5 Å². The van der Waals surface area contributed by atoms with Crippen LogP contribution >= 0.6 is 0 Å². The summed E-state index contributed by atoms with van der Waals surface area (Å²) in [5.74, 6) is -0.920. The molecule has 21 heavy (non-hydrogen) atoms. The lowest BCUT2D eigenvalue weighted by molar-refractivity contribution is -0.140. The zero-order valence-electron chi connectivity index (χ0n) is 13.4. The number of hydrogen-bond donors (Lipinski definition) is 1. The molecular formula is C17H24FNO2. The molecule has 2 atom stereocenters. The summed E-state index contributed by atoms with van der Waals surface area (Å²) in [6.45, 7) is 10.0. The first-order chi connectivity index (χ1) is 9.65. The third kappa shape index (κ3) is 2.76. The number of hydrogen-bond acceptors (Lipinski definition) is 2. The van der Waals surface area contributed by atoms with Gasteiger partial charge in [-0.2, -0.15) is 0 Å². The quantitative estimate of drug-likeness (QED) is 0.914. The minimum atomic E-state index is -0.831. The molecule has 1 aliphatic rings. The molecule has 0 saturated heterocycles. The van der Waals surface area contributed by atoms with E-state index in [1.807, 2.05) is 18.7 Å². The van der Waals surface area contributed by atoms with Crippen LogP contribution < -0.4 is 4.90 Å². The Labute approximate surface area is 125 Å². The zero-order valence-corrected chi connectivity index (χ0v) is 13.4. The van der Waals surface area contributed by atoms with E-state index < -0.39 is 12.0 Å². The summed E-state index contributed by atoms with van der Waals surface area (Å²) >= 11 is 0. The van der Waals surface area contributed by atoms with E-state index in [0.717, 1.165) is 17.7 Å². The van der Waals surface area contributed by atoms with Gasteiger partial charge in [-0.3, -0.25) is 0 Å². The Hall–Kier alpha value is -1.58. The summed E-state index contributed by atoms with van der Waals surface area (Å²) in [6.07, 6.45) is 0.806. The molecule has 1 aromatic rings. The lowest BCUT2D eigenvalue weighted by Crippen LogP contribution is -2.58. The van der Waals surface area contributed by atoms with Gasteiger partial charge in [0, 0.05) is 11.2 Å². The Morgan fingerprint density at radius 1 is 1.43 bits per heavy atom. The number of nitrogens with zero attached hydrogens (tertiary/aromatic N) is 1. The fourth-order valence-electron chi connectivity index (χ4n) is 3.64. The number of rotatable bonds is 3. The second kappa shape index (κ2) is 5.32. The number of anilines is 1. The van der Waals surface area contributed by atoms with Gasteiger partial charge in [0.15, 0.2) is 0 Å². The van der Waals surface area contributed by atoms with Crippen LogP contribution in [0.5, 0.6) is 0 Å². The minimum absolute atomic E-state index is 0.0342. The summed E-state index contributed by atoms with van der Waals surface area (Å²) < 4.78 is 13.6. The van der Waals surface area contributed by atoms with Crippen LogP contribution in [0.3, 0.4) is 0 Å². The summed E-state index contributed by atoms with van der Waals surface area (Å²) in [5.41, 5.74) is 1.47. The van der Waals surface area contributed by atoms with Gasteiger partial charge in [0.05, 0.1) is 0 Å². The molecule has 0 saturated carbocycles. The molecule has 1 N–H and O–H groups in total. The van der Waals surface area contributed by atoms with Gasteiger partial charge in [0.2, 0.25) is 0 Å². The van der Waals surface area contributed by atoms with Gasteiger partial charge in [-0.25, -0.2) is 9.18 Å². The molecule has 0 unspecified atom stereocenters. The molecule has 0 radical (unpaired) electrons. The van der Waals surface area contributed by atoms with E-state index >= 15 is 0 Å². The van der Waals surface area contributed by atoms with Gasteiger partial charge in [-0.1, -0.05) is 20.8 Å². The lowest BCUT2D eigenvalue weighted by atomic mass is 9.78. The SMILES string of the molecule is CC(C)[C@H](C(=O)O)N1c2ccc(F)cc2[C@H](C)CC1(C)C. The Morgan fingerprint density at radius 3 is 2.57 bits per heavy atom. The van der Waals surface area contributed by atoms with Crippen LogP contribution in [0.4, 0.5) is 10.1 Å². The molecular weight excluding hydrogens is 269 g/mol. The Bertz CT molecular complexity index is 554. The molecule has 2 rings (SSSR count). The maximum absolute atomic E-state index is 13.6. The van der Waals surface area contributed by atoms with E-state index in [2.05, 4.69) is 20.8 Å². The number of halogens is 1. The van der Waals surface area contributed by atoms with Gasteiger partial charge >= 0.3 is 5.97 Å². The van der Waals surface area contributed by atoms with E-state index in [1.165, 1.54) is 6.07 Å². The topological polar surface area (TPSA) is 40.5 Å². The highest BCUT2D eigenvalue weighted by molar-refractivity contribution is 5.80. The molecule has 1 aliphatic heterocycles. The molecule has 4 heteroatoms. The summed E-state index contributed by atoms with van der Waals surface area (Å²) in [7, 11) is 0. The maximum Gasteiger partial charge on any atom is 0.326 e. The second-order valence-corrected chi connectivity index (χ2v) is 7.02. The van der Waals surface area contributed by atoms with Crippen molar-refractivity contribution in [2.75, 3.05) is 4.90 Å². The molecule has 0 bridgehead atoms. The Morgan fingerprint density at radius 2 is 2.05 bits per heavy atom. The van der Waals surface area contributed by atoms with E-state index in [-0.39, 0.29) is 23.2 Å². The molecule has 0 aliphatic carbocycles. The standard InChI is InChI=1S/C17H24FNO2/c1-10(2)15(16(20)21)19-14-7-6-12(18)8-13(14)11(3)9-17(19,4)5/h6-8,10-11,15H,9H2,1-5H3,(H,20,21)/t11-,15-/m1/s1. The second-order valence-electron chi connectivity index (χ2n) is 7.02. The summed E-state index contributed by atoms with van der Waals surface area (Å²) in [5, 5.41) is 9.66. The van der Waals surface area contributed by atoms with Crippen LogP contribution in [0.25, 0.3) is 0 Å². The highest BCUT2D eigenvalue weighted by Crippen LogP contribution is 2.45. The first-order valence-electron chi connectivity index (χ1n) is 7.46. The van der Waals surface area contributed by atoms with E-state index in [9.17, 15) is 14.3 Å². The predicted octanol–water partition coefficient (Wildman–Crippen LogP) is 4.03. The minimum Gasteiger partial charge on any atom is -0.480 e. The van der Waals surface area contributed by atoms with E-state index in [1.54, 1.807) is 12.1 Å². The largest absolute Gasteiger partial charge is 0.480 e. The van der Waals surface area contributed by atoms with Crippen molar-refractivity contribution < 1.29 is 14.3 Å². The monoisotopic (exact) mass is 293 g/mol. The van der Waals surface area contributed by atoms with Crippen LogP contribution in [-0.2, 0) is 4.79 Å². The molecule has 0 aromatic heterocycles. The number of benzene rings is 1. The maximum atomic E-state index is 13.6. The van der Waals surface area contributed by atoms with Crippen molar-refractivity contribution in [3.05, 3.63) is 29.6 Å². The van der Waals surface area contributed by atoms with Crippen molar-refractivity contribution in [1.29, 1.82) is 0 Å². The van der Waals surface area contributed by atoms with Crippen molar-refractivity contribution in [3.8, 4) is 0 Å². The van der Waals surface area contributed by atoms with Crippen molar-refractivity contribution in [1.82, 2.24) is 0 Å². The molecule has 1 aromatic carbocycles. The van der Waals surface area contributed by atoms with Crippen molar-refractivity contribution in [3.63, 3.8) is 0 Å². The molecule has 1 heterocycles. The van der Waals surface area contributed by atoms with E-state index in [4.69, 9.17) is 0 Å². The first-order valence-corrected chi connectivity index (χ1v) is 7.46. The van der Waals surface area contributed by atoms with Gasteiger partial charge in [-0.05, 0) is 55.9 Å². The van der Waals surface area contributed by atoms with Crippen molar-refractivity contribution in [2.45, 2.75) is 58.5 Å². The van der Waals surface area contributed by atoms with E-state index in [0.29, 0.717) is 0 Å². The fraction of sp³-hybridized carbons (Fsp3) is 0.588. The number of carboxylic acids is 1. The van der Waals surface area contributed by atoms with Gasteiger partial charge < -0.3 is 10.0 Å². The van der Waals surface area contributed by atoms with Crippen LogP contribution in [-0.4, -0.2) is 22.7 Å². The van der Waals surface area contributed by atoms with Crippen molar-refractivity contribution >= 4 is 11.7 Å². The summed E-state index contributed by atoms with van der Waals surface area (Å²) in [4.78, 5) is 13.7. The fourth-order valence-corrected chi connectivity index (χ4v) is 3.64. The molecule has 116 valence electrons. The third-order valence-corrected chi connectivity index (χ3v) is 4.40. The lowest BCUT2D eigenvalue weighted by Gasteiger charge is -2.51.